The fourth-order valence-electron chi connectivity index (χ4n) is 4.26. The van der Waals surface area contributed by atoms with E-state index in [0.29, 0.717) is 0 Å². The SMILES string of the molecule is O=C(N/N=C/c1ccc(N2N=C(c3ccccc3)CC2c2ccc(Br)cc2)cc1)c1ccccc1[N+](=O)[O-]. The van der Waals surface area contributed by atoms with E-state index in [9.17, 15) is 14.9 Å². The first-order valence-electron chi connectivity index (χ1n) is 11.8. The molecule has 8 nitrogen and oxygen atoms in total. The maximum atomic E-state index is 12.4. The lowest BCUT2D eigenvalue weighted by molar-refractivity contribution is -0.385. The van der Waals surface area contributed by atoms with Gasteiger partial charge in [-0.3, -0.25) is 19.9 Å². The van der Waals surface area contributed by atoms with Gasteiger partial charge < -0.3 is 0 Å². The van der Waals surface area contributed by atoms with E-state index in [0.717, 1.165) is 39.0 Å². The highest BCUT2D eigenvalue weighted by Gasteiger charge is 2.29. The van der Waals surface area contributed by atoms with Crippen LogP contribution in [0.3, 0.4) is 0 Å². The van der Waals surface area contributed by atoms with Crippen LogP contribution in [0.15, 0.2) is 118 Å². The molecular weight excluding hydrogens is 546 g/mol. The second-order valence-electron chi connectivity index (χ2n) is 8.59. The van der Waals surface area contributed by atoms with Gasteiger partial charge in [0.05, 0.1) is 28.6 Å². The van der Waals surface area contributed by atoms with Crippen molar-refractivity contribution in [1.29, 1.82) is 0 Å². The third kappa shape index (κ3) is 5.52. The largest absolute Gasteiger partial charge is 0.282 e. The zero-order valence-electron chi connectivity index (χ0n) is 20.1. The quantitative estimate of drug-likeness (QED) is 0.157. The van der Waals surface area contributed by atoms with Gasteiger partial charge in [0.15, 0.2) is 0 Å². The summed E-state index contributed by atoms with van der Waals surface area (Å²) >= 11 is 3.51. The van der Waals surface area contributed by atoms with Gasteiger partial charge in [0.2, 0.25) is 0 Å². The first-order valence-corrected chi connectivity index (χ1v) is 12.6. The monoisotopic (exact) mass is 567 g/mol. The zero-order valence-corrected chi connectivity index (χ0v) is 21.7. The molecular formula is C29H22BrN5O3. The van der Waals surface area contributed by atoms with Gasteiger partial charge in [0, 0.05) is 17.0 Å². The molecule has 0 saturated heterocycles. The van der Waals surface area contributed by atoms with Gasteiger partial charge in [-0.25, -0.2) is 5.43 Å². The number of nitro benzene ring substituents is 1. The number of hydrazone groups is 2. The first-order chi connectivity index (χ1) is 18.5. The molecule has 0 spiro atoms. The van der Waals surface area contributed by atoms with Gasteiger partial charge in [0.1, 0.15) is 5.56 Å². The summed E-state index contributed by atoms with van der Waals surface area (Å²) in [5.41, 5.74) is 6.98. The number of hydrogen-bond donors (Lipinski definition) is 1. The number of nitrogens with zero attached hydrogens (tertiary/aromatic N) is 4. The number of hydrogen-bond acceptors (Lipinski definition) is 6. The summed E-state index contributed by atoms with van der Waals surface area (Å²) in [6.07, 6.45) is 2.26. The van der Waals surface area contributed by atoms with Crippen LogP contribution in [-0.2, 0) is 0 Å². The highest BCUT2D eigenvalue weighted by atomic mass is 79.9. The van der Waals surface area contributed by atoms with E-state index in [1.165, 1.54) is 24.4 Å². The number of carbonyl (C=O) groups is 1. The molecule has 4 aromatic carbocycles. The standard InChI is InChI=1S/C29H22BrN5O3/c30-23-14-12-22(13-15-23)28-18-26(21-6-2-1-3-7-21)33-34(28)24-16-10-20(11-17-24)19-31-32-29(36)25-8-4-5-9-27(25)35(37)38/h1-17,19,28H,18H2,(H,32,36)/b31-19+. The molecule has 0 bridgehead atoms. The van der Waals surface area contributed by atoms with E-state index >= 15 is 0 Å². The summed E-state index contributed by atoms with van der Waals surface area (Å²) < 4.78 is 1.02. The van der Waals surface area contributed by atoms with Crippen LogP contribution in [0, 0.1) is 10.1 Å². The van der Waals surface area contributed by atoms with Crippen molar-refractivity contribution < 1.29 is 9.72 Å². The molecule has 1 aliphatic heterocycles. The number of anilines is 1. The number of halogens is 1. The van der Waals surface area contributed by atoms with Crippen molar-refractivity contribution in [2.75, 3.05) is 5.01 Å². The second kappa shape index (κ2) is 11.2. The molecule has 0 fully saturated rings. The Morgan fingerprint density at radius 3 is 2.37 bits per heavy atom. The lowest BCUT2D eigenvalue weighted by atomic mass is 9.98. The number of nitro groups is 1. The van der Waals surface area contributed by atoms with E-state index in [1.54, 1.807) is 6.07 Å². The summed E-state index contributed by atoms with van der Waals surface area (Å²) in [6, 6.07) is 31.9. The van der Waals surface area contributed by atoms with Crippen LogP contribution in [-0.4, -0.2) is 22.8 Å². The maximum Gasteiger partial charge on any atom is 0.282 e. The van der Waals surface area contributed by atoms with E-state index in [4.69, 9.17) is 5.10 Å². The van der Waals surface area contributed by atoms with Crippen molar-refractivity contribution >= 4 is 45.1 Å². The van der Waals surface area contributed by atoms with Gasteiger partial charge in [-0.15, -0.1) is 0 Å². The topological polar surface area (TPSA) is 100 Å². The summed E-state index contributed by atoms with van der Waals surface area (Å²) in [7, 11) is 0. The maximum absolute atomic E-state index is 12.4. The van der Waals surface area contributed by atoms with Gasteiger partial charge in [0.25, 0.3) is 11.6 Å². The molecule has 0 aromatic heterocycles. The van der Waals surface area contributed by atoms with E-state index in [1.807, 2.05) is 59.6 Å². The Morgan fingerprint density at radius 2 is 1.66 bits per heavy atom. The third-order valence-corrected chi connectivity index (χ3v) is 6.68. The predicted molar refractivity (Wildman–Crippen MR) is 152 cm³/mol. The summed E-state index contributed by atoms with van der Waals surface area (Å²) in [5, 5.41) is 22.1. The molecule has 5 rings (SSSR count). The van der Waals surface area contributed by atoms with Crippen LogP contribution in [0.4, 0.5) is 11.4 Å². The average Bonchev–Trinajstić information content (AvgIpc) is 3.40. The van der Waals surface area contributed by atoms with Crippen LogP contribution >= 0.6 is 15.9 Å². The third-order valence-electron chi connectivity index (χ3n) is 6.15. The molecule has 1 N–H and O–H groups in total. The number of para-hydroxylation sites is 1. The highest BCUT2D eigenvalue weighted by molar-refractivity contribution is 9.10. The molecule has 1 amide bonds. The summed E-state index contributed by atoms with van der Waals surface area (Å²) in [6.45, 7) is 0. The van der Waals surface area contributed by atoms with Crippen LogP contribution in [0.2, 0.25) is 0 Å². The van der Waals surface area contributed by atoms with Crippen molar-refractivity contribution in [3.63, 3.8) is 0 Å². The molecule has 1 aliphatic rings. The highest BCUT2D eigenvalue weighted by Crippen LogP contribution is 2.37. The lowest BCUT2D eigenvalue weighted by Crippen LogP contribution is -2.19. The number of rotatable bonds is 7. The molecule has 38 heavy (non-hydrogen) atoms. The van der Waals surface area contributed by atoms with Gasteiger partial charge in [-0.1, -0.05) is 82.7 Å². The normalized spacial score (nSPS) is 14.9. The van der Waals surface area contributed by atoms with Crippen LogP contribution < -0.4 is 10.4 Å². The Bertz CT molecular complexity index is 1520. The minimum absolute atomic E-state index is 0.0405. The molecule has 0 radical (unpaired) electrons. The molecule has 1 heterocycles. The van der Waals surface area contributed by atoms with E-state index in [2.05, 4.69) is 50.7 Å². The van der Waals surface area contributed by atoms with E-state index in [-0.39, 0.29) is 17.3 Å². The first kappa shape index (κ1) is 25.0. The molecule has 4 aromatic rings. The van der Waals surface area contributed by atoms with Crippen molar-refractivity contribution in [2.24, 2.45) is 10.2 Å². The van der Waals surface area contributed by atoms with E-state index < -0.39 is 10.8 Å². The average molecular weight is 568 g/mol. The van der Waals surface area contributed by atoms with Crippen LogP contribution in [0.5, 0.6) is 0 Å². The Balaban J connectivity index is 1.34. The smallest absolute Gasteiger partial charge is 0.267 e. The number of carbonyl (C=O) groups excluding carboxylic acids is 1. The molecule has 1 unspecified atom stereocenters. The molecule has 9 heteroatoms. The molecule has 1 atom stereocenters. The minimum atomic E-state index is -0.651. The summed E-state index contributed by atoms with van der Waals surface area (Å²) in [4.78, 5) is 22.9. The molecule has 188 valence electrons. The fourth-order valence-corrected chi connectivity index (χ4v) is 4.53. The Labute approximate surface area is 227 Å². The van der Waals surface area contributed by atoms with Crippen molar-refractivity contribution in [1.82, 2.24) is 5.43 Å². The van der Waals surface area contributed by atoms with Crippen LogP contribution in [0.25, 0.3) is 0 Å². The lowest BCUT2D eigenvalue weighted by Gasteiger charge is -2.24. The van der Waals surface area contributed by atoms with Crippen molar-refractivity contribution in [2.45, 2.75) is 12.5 Å². The van der Waals surface area contributed by atoms with Gasteiger partial charge >= 0.3 is 0 Å². The molecule has 0 saturated carbocycles. The minimum Gasteiger partial charge on any atom is -0.267 e. The fraction of sp³-hybridized carbons (Fsp3) is 0.0690. The number of amides is 1. The summed E-state index contributed by atoms with van der Waals surface area (Å²) in [5.74, 6) is -0.651. The van der Waals surface area contributed by atoms with Crippen molar-refractivity contribution in [3.8, 4) is 0 Å². The Hall–Kier alpha value is -4.63. The number of benzene rings is 4. The second-order valence-corrected chi connectivity index (χ2v) is 9.51. The predicted octanol–water partition coefficient (Wildman–Crippen LogP) is 6.48. The van der Waals surface area contributed by atoms with Gasteiger partial charge in [-0.2, -0.15) is 10.2 Å². The molecule has 0 aliphatic carbocycles. The van der Waals surface area contributed by atoms with Crippen LogP contribution in [0.1, 0.15) is 39.5 Å². The number of nitrogens with one attached hydrogen (secondary N) is 1. The van der Waals surface area contributed by atoms with Crippen molar-refractivity contribution in [3.05, 3.63) is 140 Å². The Morgan fingerprint density at radius 1 is 0.974 bits per heavy atom. The zero-order chi connectivity index (χ0) is 26.5. The van der Waals surface area contributed by atoms with Gasteiger partial charge in [-0.05, 0) is 47.0 Å². The Kier molecular flexibility index (Phi) is 7.37.